The molecule has 2 aromatic carbocycles. The molecule has 2 aliphatic rings. The van der Waals surface area contributed by atoms with Gasteiger partial charge in [0.05, 0.1) is 21.2 Å². The minimum absolute atomic E-state index is 0.0404. The summed E-state index contributed by atoms with van der Waals surface area (Å²) >= 11 is 0. The summed E-state index contributed by atoms with van der Waals surface area (Å²) < 4.78 is 24.0. The number of nitrogens with one attached hydrogen (secondary N) is 2. The lowest BCUT2D eigenvalue weighted by molar-refractivity contribution is -0.132. The molecule has 1 aliphatic heterocycles. The first-order chi connectivity index (χ1) is 18.2. The third-order valence-electron chi connectivity index (χ3n) is 7.51. The monoisotopic (exact) mass is 532 g/mol. The maximum absolute atomic E-state index is 13.7. The van der Waals surface area contributed by atoms with Crippen molar-refractivity contribution in [2.75, 3.05) is 30.8 Å². The zero-order valence-electron chi connectivity index (χ0n) is 21.4. The first-order valence-electron chi connectivity index (χ1n) is 12.9. The van der Waals surface area contributed by atoms with E-state index in [4.69, 9.17) is 0 Å². The van der Waals surface area contributed by atoms with Crippen LogP contribution in [0.5, 0.6) is 0 Å². The van der Waals surface area contributed by atoms with Crippen LogP contribution in [-0.4, -0.2) is 50.2 Å². The zero-order chi connectivity index (χ0) is 26.8. The SMILES string of the molecule is CS(=O)(=O)c1ccc2c(=O)[nH]c(N3CCC(Cc4ccccc4)(C(=O)NCC4=CCCC=C4)CC3)nc2c1. The van der Waals surface area contributed by atoms with Crippen molar-refractivity contribution in [1.29, 1.82) is 0 Å². The van der Waals surface area contributed by atoms with Crippen LogP contribution in [0.15, 0.2) is 82.0 Å². The fourth-order valence-electron chi connectivity index (χ4n) is 5.27. The molecule has 2 N–H and O–H groups in total. The molecule has 0 radical (unpaired) electrons. The Balaban J connectivity index is 1.38. The molecule has 1 aromatic heterocycles. The van der Waals surface area contributed by atoms with Crippen LogP contribution in [0.2, 0.25) is 0 Å². The molecular formula is C29H32N4O4S. The van der Waals surface area contributed by atoms with Crippen LogP contribution in [0, 0.1) is 5.41 Å². The highest BCUT2D eigenvalue weighted by Crippen LogP contribution is 2.37. The Kier molecular flexibility index (Phi) is 7.21. The van der Waals surface area contributed by atoms with Gasteiger partial charge in [0.1, 0.15) is 0 Å². The van der Waals surface area contributed by atoms with Crippen LogP contribution in [0.1, 0.15) is 31.2 Å². The predicted octanol–water partition coefficient (Wildman–Crippen LogP) is 3.55. The van der Waals surface area contributed by atoms with Gasteiger partial charge in [-0.1, -0.05) is 48.6 Å². The second kappa shape index (κ2) is 10.6. The molecule has 0 atom stereocenters. The smallest absolute Gasteiger partial charge is 0.260 e. The minimum atomic E-state index is -3.43. The number of sulfone groups is 1. The number of nitrogens with zero attached hydrogens (tertiary/aromatic N) is 2. The number of fused-ring (bicyclic) bond motifs is 1. The maximum Gasteiger partial charge on any atom is 0.260 e. The Labute approximate surface area is 222 Å². The van der Waals surface area contributed by atoms with E-state index in [0.717, 1.165) is 30.2 Å². The van der Waals surface area contributed by atoms with Crippen LogP contribution in [0.25, 0.3) is 10.9 Å². The standard InChI is InChI=1S/C29H32N4O4S/c1-38(36,37)23-12-13-24-25(18-23)31-28(32-26(24)34)33-16-14-29(15-17-33,19-21-8-4-2-5-9-21)27(35)30-20-22-10-6-3-7-11-22/h2,4-6,8-13,18H,3,7,14-17,19-20H2,1H3,(H,30,35)(H,31,32,34). The van der Waals surface area contributed by atoms with E-state index in [1.54, 1.807) is 0 Å². The van der Waals surface area contributed by atoms with E-state index in [9.17, 15) is 18.0 Å². The van der Waals surface area contributed by atoms with Crippen molar-refractivity contribution in [3.63, 3.8) is 0 Å². The third-order valence-corrected chi connectivity index (χ3v) is 8.62. The Bertz CT molecular complexity index is 1570. The Morgan fingerprint density at radius 3 is 2.55 bits per heavy atom. The highest BCUT2D eigenvalue weighted by Gasteiger charge is 2.41. The fraction of sp³-hybridized carbons (Fsp3) is 0.345. The summed E-state index contributed by atoms with van der Waals surface area (Å²) in [5, 5.41) is 3.52. The average Bonchev–Trinajstić information content (AvgIpc) is 2.92. The number of carbonyl (C=O) groups is 1. The molecule has 1 fully saturated rings. The number of allylic oxidation sites excluding steroid dienone is 2. The third kappa shape index (κ3) is 5.57. The summed E-state index contributed by atoms with van der Waals surface area (Å²) in [6.45, 7) is 1.57. The lowest BCUT2D eigenvalue weighted by Gasteiger charge is -2.41. The molecule has 8 nitrogen and oxygen atoms in total. The molecule has 0 spiro atoms. The van der Waals surface area contributed by atoms with Crippen molar-refractivity contribution in [1.82, 2.24) is 15.3 Å². The van der Waals surface area contributed by atoms with E-state index in [1.165, 1.54) is 18.2 Å². The minimum Gasteiger partial charge on any atom is -0.352 e. The molecule has 0 saturated carbocycles. The van der Waals surface area contributed by atoms with Gasteiger partial charge in [-0.15, -0.1) is 0 Å². The summed E-state index contributed by atoms with van der Waals surface area (Å²) in [6.07, 6.45) is 11.3. The van der Waals surface area contributed by atoms with Crippen LogP contribution < -0.4 is 15.8 Å². The van der Waals surface area contributed by atoms with E-state index in [0.29, 0.717) is 55.7 Å². The maximum atomic E-state index is 13.7. The molecule has 1 amide bonds. The van der Waals surface area contributed by atoms with Gasteiger partial charge >= 0.3 is 0 Å². The largest absolute Gasteiger partial charge is 0.352 e. The molecular weight excluding hydrogens is 500 g/mol. The molecule has 9 heteroatoms. The van der Waals surface area contributed by atoms with E-state index in [-0.39, 0.29) is 16.4 Å². The van der Waals surface area contributed by atoms with Gasteiger partial charge in [-0.25, -0.2) is 13.4 Å². The van der Waals surface area contributed by atoms with Crippen LogP contribution in [0.3, 0.4) is 0 Å². The number of anilines is 1. The van der Waals surface area contributed by atoms with E-state index >= 15 is 0 Å². The number of rotatable bonds is 7. The normalized spacial score (nSPS) is 17.3. The number of hydrogen-bond donors (Lipinski definition) is 2. The first kappa shape index (κ1) is 25.9. The van der Waals surface area contributed by atoms with Crippen molar-refractivity contribution >= 4 is 32.6 Å². The lowest BCUT2D eigenvalue weighted by Crippen LogP contribution is -2.51. The molecule has 38 heavy (non-hydrogen) atoms. The van der Waals surface area contributed by atoms with Gasteiger partial charge in [-0.2, -0.15) is 0 Å². The highest BCUT2D eigenvalue weighted by molar-refractivity contribution is 7.90. The first-order valence-corrected chi connectivity index (χ1v) is 14.8. The van der Waals surface area contributed by atoms with Crippen LogP contribution in [-0.2, 0) is 21.1 Å². The highest BCUT2D eigenvalue weighted by atomic mass is 32.2. The predicted molar refractivity (Wildman–Crippen MR) is 149 cm³/mol. The summed E-state index contributed by atoms with van der Waals surface area (Å²) in [5.74, 6) is 0.429. The van der Waals surface area contributed by atoms with Crippen LogP contribution in [0.4, 0.5) is 5.95 Å². The van der Waals surface area contributed by atoms with Gasteiger partial charge in [-0.3, -0.25) is 14.6 Å². The Morgan fingerprint density at radius 2 is 1.87 bits per heavy atom. The van der Waals surface area contributed by atoms with Crippen molar-refractivity contribution in [3.05, 3.63) is 88.2 Å². The topological polar surface area (TPSA) is 112 Å². The van der Waals surface area contributed by atoms with Crippen molar-refractivity contribution in [2.24, 2.45) is 5.41 Å². The van der Waals surface area contributed by atoms with E-state index in [1.807, 2.05) is 23.1 Å². The zero-order valence-corrected chi connectivity index (χ0v) is 22.3. The van der Waals surface area contributed by atoms with Gasteiger partial charge in [0, 0.05) is 25.9 Å². The lowest BCUT2D eigenvalue weighted by atomic mass is 9.73. The van der Waals surface area contributed by atoms with E-state index < -0.39 is 15.3 Å². The number of benzene rings is 2. The molecule has 1 saturated heterocycles. The summed E-state index contributed by atoms with van der Waals surface area (Å²) in [4.78, 5) is 36.0. The molecule has 0 unspecified atom stereocenters. The number of aromatic amines is 1. The molecule has 0 bridgehead atoms. The number of piperidine rings is 1. The van der Waals surface area contributed by atoms with Crippen molar-refractivity contribution in [2.45, 2.75) is 37.0 Å². The fourth-order valence-corrected chi connectivity index (χ4v) is 5.91. The van der Waals surface area contributed by atoms with Gasteiger partial charge in [0.25, 0.3) is 5.56 Å². The van der Waals surface area contributed by atoms with Gasteiger partial charge in [-0.05, 0) is 61.4 Å². The second-order valence-corrected chi connectivity index (χ2v) is 12.2. The van der Waals surface area contributed by atoms with Crippen LogP contribution >= 0.6 is 0 Å². The second-order valence-electron chi connectivity index (χ2n) is 10.2. The molecule has 1 aliphatic carbocycles. The average molecular weight is 533 g/mol. The number of hydrogen-bond acceptors (Lipinski definition) is 6. The Hall–Kier alpha value is -3.72. The van der Waals surface area contributed by atoms with Gasteiger partial charge in [0.2, 0.25) is 11.9 Å². The number of H-pyrrole nitrogens is 1. The number of carbonyl (C=O) groups excluding carboxylic acids is 1. The quantitative estimate of drug-likeness (QED) is 0.481. The summed E-state index contributed by atoms with van der Waals surface area (Å²) in [6, 6.07) is 14.4. The summed E-state index contributed by atoms with van der Waals surface area (Å²) in [5.41, 5.74) is 1.66. The molecule has 2 heterocycles. The number of aromatic nitrogens is 2. The van der Waals surface area contributed by atoms with Crippen molar-refractivity contribution < 1.29 is 13.2 Å². The van der Waals surface area contributed by atoms with Gasteiger partial charge in [0.15, 0.2) is 9.84 Å². The molecule has 198 valence electrons. The van der Waals surface area contributed by atoms with Crippen molar-refractivity contribution in [3.8, 4) is 0 Å². The molecule has 5 rings (SSSR count). The number of amides is 1. The summed E-state index contributed by atoms with van der Waals surface area (Å²) in [7, 11) is -3.43. The van der Waals surface area contributed by atoms with Gasteiger partial charge < -0.3 is 10.2 Å². The Morgan fingerprint density at radius 1 is 1.11 bits per heavy atom. The molecule has 3 aromatic rings. The van der Waals surface area contributed by atoms with E-state index in [2.05, 4.69) is 45.6 Å².